The quantitative estimate of drug-likeness (QED) is 0.0391. The number of hydrogen-bond donors (Lipinski definition) is 3. The second-order valence-electron chi connectivity index (χ2n) is 21.2. The normalized spacial score (nSPS) is 12.5. The fourth-order valence-corrected chi connectivity index (χ4v) is 12.7. The first-order valence-electron chi connectivity index (χ1n) is 29.3. The summed E-state index contributed by atoms with van der Waals surface area (Å²) in [7, 11) is -5.30. The van der Waals surface area contributed by atoms with E-state index in [4.69, 9.17) is 0 Å². The number of aryl methyl sites for hydroxylation is 4. The molecule has 3 N–H and O–H groups in total. The topological polar surface area (TPSA) is 60.7 Å². The molecule has 0 heterocycles. The zero-order valence-corrected chi connectivity index (χ0v) is 45.7. The molecule has 382 valence electrons. The summed E-state index contributed by atoms with van der Waals surface area (Å²) in [6.45, 7) is 11.4. The van der Waals surface area contributed by atoms with Crippen molar-refractivity contribution >= 4 is 12.6 Å². The molecule has 0 unspecified atom stereocenters. The van der Waals surface area contributed by atoms with Crippen molar-refractivity contribution in [1.29, 1.82) is 0 Å². The number of unbranched alkanes of at least 4 members (excludes halogenated alkanes) is 30. The molecule has 4 heteroatoms. The molecular formula is C63H107O3P. The van der Waals surface area contributed by atoms with Gasteiger partial charge < -0.3 is 0 Å². The first-order chi connectivity index (χ1) is 32.7. The van der Waals surface area contributed by atoms with Gasteiger partial charge in [-0.1, -0.05) is 66.2 Å². The molecule has 0 atom stereocenters. The third-order valence-corrected chi connectivity index (χ3v) is 17.3. The second kappa shape index (κ2) is 36.0. The van der Waals surface area contributed by atoms with E-state index in [1.807, 2.05) is 12.1 Å². The van der Waals surface area contributed by atoms with Crippen LogP contribution in [0.1, 0.15) is 282 Å². The average molecular weight is 944 g/mol. The second-order valence-corrected chi connectivity index (χ2v) is 24.4. The molecule has 0 aliphatic rings. The fourth-order valence-electron chi connectivity index (χ4n) is 10.6. The van der Waals surface area contributed by atoms with E-state index in [-0.39, 0.29) is 6.16 Å². The zero-order valence-electron chi connectivity index (χ0n) is 44.8. The molecule has 0 bridgehead atoms. The van der Waals surface area contributed by atoms with Crippen LogP contribution in [-0.4, -0.2) is 20.8 Å². The monoisotopic (exact) mass is 943 g/mol. The molecule has 0 fully saturated rings. The fraction of sp³-hybridized carbons (Fsp3) is 0.714. The van der Waals surface area contributed by atoms with Crippen molar-refractivity contribution in [2.24, 2.45) is 0 Å². The first kappa shape index (κ1) is 59.3. The molecule has 3 nitrogen and oxygen atoms in total. The van der Waals surface area contributed by atoms with Gasteiger partial charge in [-0.05, 0) is 0 Å². The van der Waals surface area contributed by atoms with Gasteiger partial charge in [0, 0.05) is 0 Å². The third kappa shape index (κ3) is 24.1. The van der Waals surface area contributed by atoms with E-state index >= 15 is 0 Å². The van der Waals surface area contributed by atoms with Crippen LogP contribution in [0, 0.1) is 0 Å². The van der Waals surface area contributed by atoms with Crippen LogP contribution in [0.4, 0.5) is 0 Å². The maximum atomic E-state index is 12.5. The molecule has 3 aromatic carbocycles. The van der Waals surface area contributed by atoms with Gasteiger partial charge in [0.1, 0.15) is 0 Å². The summed E-state index contributed by atoms with van der Waals surface area (Å²) < 4.78 is 0. The van der Waals surface area contributed by atoms with Crippen LogP contribution in [0.15, 0.2) is 54.6 Å². The summed E-state index contributed by atoms with van der Waals surface area (Å²) in [4.78, 5) is 37.5. The Balaban J connectivity index is 2.14. The Hall–Kier alpha value is -2.03. The van der Waals surface area contributed by atoms with Crippen molar-refractivity contribution in [2.45, 2.75) is 285 Å². The van der Waals surface area contributed by atoms with Crippen molar-refractivity contribution in [1.82, 2.24) is 0 Å². The van der Waals surface area contributed by atoms with Crippen molar-refractivity contribution in [3.63, 3.8) is 0 Å². The molecule has 0 spiro atoms. The van der Waals surface area contributed by atoms with Crippen LogP contribution in [-0.2, 0) is 25.7 Å². The van der Waals surface area contributed by atoms with E-state index < -0.39 is 7.28 Å². The van der Waals surface area contributed by atoms with Gasteiger partial charge in [-0.25, -0.2) is 0 Å². The van der Waals surface area contributed by atoms with Gasteiger partial charge >= 0.3 is 351 Å². The van der Waals surface area contributed by atoms with Gasteiger partial charge in [0.15, 0.2) is 0 Å². The van der Waals surface area contributed by atoms with Gasteiger partial charge in [0.2, 0.25) is 0 Å². The number of benzene rings is 3. The molecule has 3 aromatic rings. The minimum absolute atomic E-state index is 0.0154. The average Bonchev–Trinajstić information content (AvgIpc) is 3.32. The summed E-state index contributed by atoms with van der Waals surface area (Å²) in [6, 6.07) is 20.4. The van der Waals surface area contributed by atoms with Crippen molar-refractivity contribution in [2.75, 3.05) is 6.16 Å². The Bertz CT molecular complexity index is 1690. The summed E-state index contributed by atoms with van der Waals surface area (Å²) in [6.07, 6.45) is 47.6. The molecule has 0 radical (unpaired) electrons. The molecule has 67 heavy (non-hydrogen) atoms. The van der Waals surface area contributed by atoms with Gasteiger partial charge in [-0.2, -0.15) is 0 Å². The van der Waals surface area contributed by atoms with Gasteiger partial charge in [0.25, 0.3) is 0 Å². The van der Waals surface area contributed by atoms with E-state index in [9.17, 15) is 14.7 Å². The van der Waals surface area contributed by atoms with Crippen LogP contribution in [0.5, 0.6) is 0 Å². The molecule has 3 rings (SSSR count). The molecule has 0 aliphatic heterocycles. The SMILES string of the molecule is CCCCCCCCCc1ccc(-c2cccc(P(O)(O)(O)CCCCCCCCC)c2-c2ccc(CCCCCCCCC)cc2CCCCCCCCC)c(CCCCCCCCC)c1. The number of rotatable bonds is 43. The number of hydrogen-bond acceptors (Lipinski definition) is 3. The van der Waals surface area contributed by atoms with Crippen LogP contribution < -0.4 is 5.30 Å². The Morgan fingerprint density at radius 1 is 0.313 bits per heavy atom. The standard InChI is InChI=1S/C63H107O3P/c1-6-11-16-21-26-31-36-42-55-48-50-59(57(53-55)44-38-33-28-23-18-13-8-3)61-46-41-47-62(67(64,65,66)52-40-35-30-25-20-15-10-5)63(61)60-51-49-56(43-37-32-27-22-17-12-7-2)54-58(60)45-39-34-29-24-19-14-9-4/h41,46-51,53-54,64-66H,6-40,42-45,52H2,1-5H3. The van der Waals surface area contributed by atoms with Gasteiger partial charge in [-0.15, -0.1) is 0 Å². The maximum absolute atomic E-state index is 12.5. The summed E-state index contributed by atoms with van der Waals surface area (Å²) in [5, 5.41) is 0.365. The van der Waals surface area contributed by atoms with E-state index in [0.717, 1.165) is 74.5 Å². The van der Waals surface area contributed by atoms with Gasteiger partial charge in [-0.3, -0.25) is 0 Å². The molecule has 0 saturated heterocycles. The van der Waals surface area contributed by atoms with Crippen molar-refractivity contribution in [3.8, 4) is 22.3 Å². The molecule has 0 aromatic heterocycles. The van der Waals surface area contributed by atoms with E-state index in [0.29, 0.717) is 11.7 Å². The first-order valence-corrected chi connectivity index (χ1v) is 31.6. The molecule has 0 saturated carbocycles. The predicted octanol–water partition coefficient (Wildman–Crippen LogP) is 19.8. The zero-order chi connectivity index (χ0) is 48.3. The molecule has 0 aliphatic carbocycles. The molecule has 0 amide bonds. The summed E-state index contributed by atoms with van der Waals surface area (Å²) in [5.41, 5.74) is 9.67. The predicted molar refractivity (Wildman–Crippen MR) is 300 cm³/mol. The van der Waals surface area contributed by atoms with E-state index in [2.05, 4.69) is 77.1 Å². The minimum atomic E-state index is -5.30. The van der Waals surface area contributed by atoms with Gasteiger partial charge in [0.05, 0.1) is 0 Å². The van der Waals surface area contributed by atoms with Crippen LogP contribution in [0.2, 0.25) is 0 Å². The Morgan fingerprint density at radius 3 is 1.04 bits per heavy atom. The van der Waals surface area contributed by atoms with Crippen LogP contribution >= 0.6 is 7.28 Å². The van der Waals surface area contributed by atoms with E-state index in [1.54, 1.807) is 0 Å². The van der Waals surface area contributed by atoms with E-state index in [1.165, 1.54) is 214 Å². The third-order valence-electron chi connectivity index (χ3n) is 14.8. The Labute approximate surface area is 415 Å². The van der Waals surface area contributed by atoms with Crippen molar-refractivity contribution in [3.05, 3.63) is 76.9 Å². The van der Waals surface area contributed by atoms with Crippen LogP contribution in [0.25, 0.3) is 22.3 Å². The Morgan fingerprint density at radius 2 is 0.642 bits per heavy atom. The Kier molecular flexibility index (Phi) is 31.8. The summed E-state index contributed by atoms with van der Waals surface area (Å²) >= 11 is 0. The molecular weight excluding hydrogens is 836 g/mol. The van der Waals surface area contributed by atoms with Crippen molar-refractivity contribution < 1.29 is 14.7 Å². The van der Waals surface area contributed by atoms with Crippen LogP contribution in [0.3, 0.4) is 0 Å². The summed E-state index contributed by atoms with van der Waals surface area (Å²) in [5.74, 6) is 0.